The molecule has 0 radical (unpaired) electrons. The number of benzene rings is 1. The van der Waals surface area contributed by atoms with Crippen molar-refractivity contribution in [3.8, 4) is 5.75 Å². The molecule has 4 heteroatoms. The van der Waals surface area contributed by atoms with Gasteiger partial charge in [-0.05, 0) is 48.3 Å². The molecular weight excluding hydrogens is 280 g/mol. The van der Waals surface area contributed by atoms with E-state index in [9.17, 15) is 0 Å². The molecule has 0 saturated carbocycles. The van der Waals surface area contributed by atoms with E-state index in [4.69, 9.17) is 14.3 Å². The van der Waals surface area contributed by atoms with Crippen molar-refractivity contribution >= 4 is 8.32 Å². The minimum Gasteiger partial charge on any atom is -0.494 e. The monoisotopic (exact) mass is 310 g/mol. The van der Waals surface area contributed by atoms with Crippen LogP contribution in [0.3, 0.4) is 0 Å². The van der Waals surface area contributed by atoms with E-state index in [2.05, 4.69) is 33.9 Å². The predicted molar refractivity (Wildman–Crippen MR) is 90.4 cm³/mol. The molecule has 120 valence electrons. The Morgan fingerprint density at radius 1 is 1.14 bits per heavy atom. The molecule has 21 heavy (non-hydrogen) atoms. The third-order valence-electron chi connectivity index (χ3n) is 4.31. The maximum atomic E-state index is 9.14. The highest BCUT2D eigenvalue weighted by molar-refractivity contribution is 6.74. The molecule has 1 aromatic carbocycles. The molecule has 0 saturated heterocycles. The fraction of sp³-hybridized carbons (Fsp3) is 0.647. The lowest BCUT2D eigenvalue weighted by molar-refractivity contribution is 0.233. The molecule has 0 spiro atoms. The number of aliphatic hydroxyl groups is 1. The van der Waals surface area contributed by atoms with Gasteiger partial charge >= 0.3 is 0 Å². The molecule has 1 rings (SSSR count). The van der Waals surface area contributed by atoms with Crippen LogP contribution in [0.1, 0.15) is 38.3 Å². The number of aryl methyl sites for hydroxylation is 1. The van der Waals surface area contributed by atoms with Crippen LogP contribution in [0.25, 0.3) is 0 Å². The minimum absolute atomic E-state index is 0.0759. The van der Waals surface area contributed by atoms with Gasteiger partial charge < -0.3 is 14.3 Å². The van der Waals surface area contributed by atoms with Gasteiger partial charge in [-0.25, -0.2) is 0 Å². The SMILES string of the molecule is Cc1cc(OCCCO[Si](C)(C)C(C)(C)C)ccc1CO. The van der Waals surface area contributed by atoms with Crippen LogP contribution in [-0.2, 0) is 11.0 Å². The van der Waals surface area contributed by atoms with Crippen LogP contribution in [-0.4, -0.2) is 26.6 Å². The normalized spacial score (nSPS) is 12.5. The first-order valence-electron chi connectivity index (χ1n) is 7.64. The molecule has 0 fully saturated rings. The molecule has 0 aliphatic rings. The molecule has 0 unspecified atom stereocenters. The van der Waals surface area contributed by atoms with Crippen molar-refractivity contribution in [1.29, 1.82) is 0 Å². The molecule has 3 nitrogen and oxygen atoms in total. The fourth-order valence-corrected chi connectivity index (χ4v) is 2.82. The lowest BCUT2D eigenvalue weighted by atomic mass is 10.1. The minimum atomic E-state index is -1.64. The Morgan fingerprint density at radius 2 is 1.81 bits per heavy atom. The van der Waals surface area contributed by atoms with Crippen LogP contribution in [0.2, 0.25) is 18.1 Å². The maximum Gasteiger partial charge on any atom is 0.191 e. The van der Waals surface area contributed by atoms with Crippen LogP contribution in [0.5, 0.6) is 5.75 Å². The lowest BCUT2D eigenvalue weighted by Gasteiger charge is -2.36. The van der Waals surface area contributed by atoms with Gasteiger partial charge in [-0.15, -0.1) is 0 Å². The summed E-state index contributed by atoms with van der Waals surface area (Å²) in [5.74, 6) is 0.858. The summed E-state index contributed by atoms with van der Waals surface area (Å²) >= 11 is 0. The summed E-state index contributed by atoms with van der Waals surface area (Å²) in [5, 5.41) is 9.40. The second-order valence-corrected chi connectivity index (χ2v) is 11.9. The van der Waals surface area contributed by atoms with Gasteiger partial charge in [0.2, 0.25) is 0 Å². The van der Waals surface area contributed by atoms with Gasteiger partial charge in [0, 0.05) is 13.0 Å². The highest BCUT2D eigenvalue weighted by Gasteiger charge is 2.36. The topological polar surface area (TPSA) is 38.7 Å². The van der Waals surface area contributed by atoms with E-state index < -0.39 is 8.32 Å². The first-order chi connectivity index (χ1) is 9.67. The Balaban J connectivity index is 2.34. The molecule has 1 aromatic rings. The van der Waals surface area contributed by atoms with E-state index in [0.717, 1.165) is 29.9 Å². The molecular formula is C17H30O3Si. The van der Waals surface area contributed by atoms with Gasteiger partial charge in [-0.3, -0.25) is 0 Å². The molecule has 0 atom stereocenters. The zero-order chi connectivity index (χ0) is 16.1. The molecule has 0 bridgehead atoms. The number of ether oxygens (including phenoxy) is 1. The predicted octanol–water partition coefficient (Wildman–Crippen LogP) is 4.28. The van der Waals surface area contributed by atoms with Crippen molar-refractivity contribution < 1.29 is 14.3 Å². The summed E-state index contributed by atoms with van der Waals surface area (Å²) in [7, 11) is -1.64. The van der Waals surface area contributed by atoms with Crippen molar-refractivity contribution in [3.05, 3.63) is 29.3 Å². The fourth-order valence-electron chi connectivity index (χ4n) is 1.73. The average Bonchev–Trinajstić information content (AvgIpc) is 2.37. The van der Waals surface area contributed by atoms with Crippen LogP contribution in [0.4, 0.5) is 0 Å². The van der Waals surface area contributed by atoms with Crippen molar-refractivity contribution in [2.75, 3.05) is 13.2 Å². The second-order valence-electron chi connectivity index (χ2n) is 7.06. The van der Waals surface area contributed by atoms with E-state index in [-0.39, 0.29) is 11.6 Å². The highest BCUT2D eigenvalue weighted by Crippen LogP contribution is 2.36. The van der Waals surface area contributed by atoms with Gasteiger partial charge in [0.1, 0.15) is 5.75 Å². The smallest absolute Gasteiger partial charge is 0.191 e. The molecule has 0 aliphatic carbocycles. The van der Waals surface area contributed by atoms with E-state index in [0.29, 0.717) is 6.61 Å². The Hall–Kier alpha value is -0.843. The van der Waals surface area contributed by atoms with Crippen molar-refractivity contribution in [2.45, 2.75) is 58.9 Å². The van der Waals surface area contributed by atoms with Gasteiger partial charge in [-0.1, -0.05) is 26.8 Å². The van der Waals surface area contributed by atoms with Crippen molar-refractivity contribution in [2.24, 2.45) is 0 Å². The standard InChI is InChI=1S/C17H30O3Si/c1-14-12-16(9-8-15(14)13-18)19-10-7-11-20-21(5,6)17(2,3)4/h8-9,12,18H,7,10-11,13H2,1-6H3. The molecule has 0 aliphatic heterocycles. The lowest BCUT2D eigenvalue weighted by Crippen LogP contribution is -2.41. The maximum absolute atomic E-state index is 9.14. The average molecular weight is 311 g/mol. The van der Waals surface area contributed by atoms with E-state index >= 15 is 0 Å². The van der Waals surface area contributed by atoms with Crippen LogP contribution < -0.4 is 4.74 Å². The number of hydrogen-bond acceptors (Lipinski definition) is 3. The first-order valence-corrected chi connectivity index (χ1v) is 10.6. The molecule has 0 heterocycles. The third kappa shape index (κ3) is 5.45. The number of rotatable bonds is 7. The summed E-state index contributed by atoms with van der Waals surface area (Å²) in [6.07, 6.45) is 0.896. The summed E-state index contributed by atoms with van der Waals surface area (Å²) in [5.41, 5.74) is 2.01. The zero-order valence-corrected chi connectivity index (χ0v) is 15.3. The summed E-state index contributed by atoms with van der Waals surface area (Å²) < 4.78 is 11.9. The highest BCUT2D eigenvalue weighted by atomic mass is 28.4. The Morgan fingerprint density at radius 3 is 2.33 bits per heavy atom. The van der Waals surface area contributed by atoms with E-state index in [1.807, 2.05) is 25.1 Å². The Kier molecular flexibility index (Phi) is 6.44. The zero-order valence-electron chi connectivity index (χ0n) is 14.3. The summed E-state index contributed by atoms with van der Waals surface area (Å²) in [6, 6.07) is 5.80. The van der Waals surface area contributed by atoms with Gasteiger partial charge in [0.25, 0.3) is 0 Å². The van der Waals surface area contributed by atoms with Crippen LogP contribution in [0, 0.1) is 6.92 Å². The van der Waals surface area contributed by atoms with Gasteiger partial charge in [0.15, 0.2) is 8.32 Å². The molecule has 1 N–H and O–H groups in total. The van der Waals surface area contributed by atoms with Crippen LogP contribution in [0.15, 0.2) is 18.2 Å². The summed E-state index contributed by atoms with van der Waals surface area (Å²) in [4.78, 5) is 0. The molecule has 0 amide bonds. The van der Waals surface area contributed by atoms with E-state index in [1.54, 1.807) is 0 Å². The quantitative estimate of drug-likeness (QED) is 0.603. The Bertz CT molecular complexity index is 450. The van der Waals surface area contributed by atoms with Gasteiger partial charge in [0.05, 0.1) is 13.2 Å². The van der Waals surface area contributed by atoms with E-state index in [1.165, 1.54) is 0 Å². The van der Waals surface area contributed by atoms with Gasteiger partial charge in [-0.2, -0.15) is 0 Å². The molecule has 0 aromatic heterocycles. The van der Waals surface area contributed by atoms with Crippen molar-refractivity contribution in [3.63, 3.8) is 0 Å². The Labute approximate surface area is 130 Å². The third-order valence-corrected chi connectivity index (χ3v) is 8.85. The number of aliphatic hydroxyl groups excluding tert-OH is 1. The number of hydrogen-bond donors (Lipinski definition) is 1. The largest absolute Gasteiger partial charge is 0.494 e. The van der Waals surface area contributed by atoms with Crippen molar-refractivity contribution in [1.82, 2.24) is 0 Å². The van der Waals surface area contributed by atoms with Crippen LogP contribution >= 0.6 is 0 Å². The summed E-state index contributed by atoms with van der Waals surface area (Å²) in [6.45, 7) is 14.8. The first kappa shape index (κ1) is 18.2. The second kappa shape index (κ2) is 7.43.